The lowest BCUT2D eigenvalue weighted by atomic mass is 10.00. The Kier molecular flexibility index (Phi) is 15.5. The predicted octanol–water partition coefficient (Wildman–Crippen LogP) is 7.24. The smallest absolute Gasteiger partial charge is 0.303 e. The first-order valence-electron chi connectivity index (χ1n) is 11.6. The number of carboxylic acid groups (broad SMARTS) is 2. The molecule has 1 rings (SSSR count). The Morgan fingerprint density at radius 1 is 0.552 bits per heavy atom. The summed E-state index contributed by atoms with van der Waals surface area (Å²) in [5.74, 6) is -1.35. The van der Waals surface area contributed by atoms with Crippen molar-refractivity contribution in [3.05, 3.63) is 21.9 Å². The summed E-state index contributed by atoms with van der Waals surface area (Å²) in [7, 11) is 0. The van der Waals surface area contributed by atoms with Crippen LogP contribution in [0.2, 0.25) is 0 Å². The second kappa shape index (κ2) is 17.5. The van der Waals surface area contributed by atoms with E-state index in [4.69, 9.17) is 10.2 Å². The lowest BCUT2D eigenvalue weighted by Gasteiger charge is -2.05. The summed E-state index contributed by atoms with van der Waals surface area (Å²) in [5.41, 5.74) is 3.09. The first-order chi connectivity index (χ1) is 14.1. The Labute approximate surface area is 180 Å². The van der Waals surface area contributed by atoms with Crippen molar-refractivity contribution in [2.45, 2.75) is 116 Å². The van der Waals surface area contributed by atoms with Crippen molar-refractivity contribution in [2.75, 3.05) is 0 Å². The molecule has 0 aromatic carbocycles. The number of carboxylic acids is 2. The Morgan fingerprint density at radius 2 is 0.862 bits per heavy atom. The molecule has 0 bridgehead atoms. The van der Waals surface area contributed by atoms with Gasteiger partial charge in [-0.2, -0.15) is 11.3 Å². The van der Waals surface area contributed by atoms with E-state index in [1.165, 1.54) is 64.2 Å². The topological polar surface area (TPSA) is 74.6 Å². The van der Waals surface area contributed by atoms with E-state index in [9.17, 15) is 9.59 Å². The first kappa shape index (κ1) is 25.7. The molecule has 0 radical (unpaired) electrons. The standard InChI is InChI=1S/C24H40O4S/c25-23(26)17-13-9-5-1-3-7-11-15-21-19-29-20-22(21)16-12-8-4-2-6-10-14-18-24(27)28/h19-20H,1-18H2,(H,25,26)(H,27,28). The van der Waals surface area contributed by atoms with E-state index in [0.29, 0.717) is 12.8 Å². The van der Waals surface area contributed by atoms with Gasteiger partial charge in [0.15, 0.2) is 0 Å². The van der Waals surface area contributed by atoms with Crippen LogP contribution in [0.4, 0.5) is 0 Å². The van der Waals surface area contributed by atoms with E-state index >= 15 is 0 Å². The fourth-order valence-corrected chi connectivity index (χ4v) is 4.67. The van der Waals surface area contributed by atoms with Gasteiger partial charge in [0.2, 0.25) is 0 Å². The maximum atomic E-state index is 10.5. The summed E-state index contributed by atoms with van der Waals surface area (Å²) in [5, 5.41) is 21.9. The molecule has 1 aromatic heterocycles. The number of carbonyl (C=O) groups is 2. The minimum absolute atomic E-state index is 0.313. The van der Waals surface area contributed by atoms with Crippen molar-refractivity contribution < 1.29 is 19.8 Å². The van der Waals surface area contributed by atoms with Crippen molar-refractivity contribution in [3.8, 4) is 0 Å². The maximum Gasteiger partial charge on any atom is 0.303 e. The summed E-state index contributed by atoms with van der Waals surface area (Å²) >= 11 is 1.83. The third-order valence-corrected chi connectivity index (χ3v) is 6.35. The Morgan fingerprint density at radius 3 is 1.21 bits per heavy atom. The highest BCUT2D eigenvalue weighted by molar-refractivity contribution is 7.08. The summed E-state index contributed by atoms with van der Waals surface area (Å²) in [4.78, 5) is 20.9. The molecule has 1 heterocycles. The van der Waals surface area contributed by atoms with Crippen LogP contribution in [0.3, 0.4) is 0 Å². The van der Waals surface area contributed by atoms with Crippen LogP contribution in [0.1, 0.15) is 114 Å². The molecule has 5 heteroatoms. The van der Waals surface area contributed by atoms with Crippen LogP contribution in [0.5, 0.6) is 0 Å². The van der Waals surface area contributed by atoms with Crippen LogP contribution in [0.15, 0.2) is 10.8 Å². The van der Waals surface area contributed by atoms with Crippen molar-refractivity contribution in [2.24, 2.45) is 0 Å². The molecule has 29 heavy (non-hydrogen) atoms. The van der Waals surface area contributed by atoms with Crippen LogP contribution in [-0.4, -0.2) is 22.2 Å². The zero-order chi connectivity index (χ0) is 21.2. The molecule has 0 saturated heterocycles. The molecule has 0 amide bonds. The van der Waals surface area contributed by atoms with Gasteiger partial charge in [0, 0.05) is 12.8 Å². The van der Waals surface area contributed by atoms with Gasteiger partial charge in [-0.25, -0.2) is 0 Å². The van der Waals surface area contributed by atoms with E-state index in [-0.39, 0.29) is 0 Å². The van der Waals surface area contributed by atoms with Crippen LogP contribution >= 0.6 is 11.3 Å². The van der Waals surface area contributed by atoms with Gasteiger partial charge in [0.25, 0.3) is 0 Å². The highest BCUT2D eigenvalue weighted by Gasteiger charge is 2.04. The van der Waals surface area contributed by atoms with Crippen molar-refractivity contribution >= 4 is 23.3 Å². The molecule has 0 saturated carbocycles. The maximum absolute atomic E-state index is 10.5. The molecule has 0 aliphatic rings. The fourth-order valence-electron chi connectivity index (χ4n) is 3.74. The van der Waals surface area contributed by atoms with E-state index in [0.717, 1.165) is 38.5 Å². The van der Waals surface area contributed by atoms with E-state index in [1.807, 2.05) is 11.3 Å². The molecule has 0 spiro atoms. The van der Waals surface area contributed by atoms with Gasteiger partial charge in [-0.1, -0.05) is 64.2 Å². The molecular formula is C24H40O4S. The molecule has 0 fully saturated rings. The molecule has 4 nitrogen and oxygen atoms in total. The molecule has 0 aliphatic carbocycles. The van der Waals surface area contributed by atoms with Crippen molar-refractivity contribution in [3.63, 3.8) is 0 Å². The van der Waals surface area contributed by atoms with Gasteiger partial charge >= 0.3 is 11.9 Å². The Bertz CT molecular complexity index is 506. The van der Waals surface area contributed by atoms with Crippen LogP contribution in [0, 0.1) is 0 Å². The highest BCUT2D eigenvalue weighted by atomic mass is 32.1. The van der Waals surface area contributed by atoms with Crippen LogP contribution < -0.4 is 0 Å². The predicted molar refractivity (Wildman–Crippen MR) is 121 cm³/mol. The lowest BCUT2D eigenvalue weighted by Crippen LogP contribution is -1.94. The summed E-state index contributed by atoms with van der Waals surface area (Å²) in [6.07, 6.45) is 19.1. The number of unbranched alkanes of at least 4 members (excludes halogenated alkanes) is 12. The monoisotopic (exact) mass is 424 g/mol. The third kappa shape index (κ3) is 15.2. The van der Waals surface area contributed by atoms with E-state index < -0.39 is 11.9 Å². The molecule has 2 N–H and O–H groups in total. The molecular weight excluding hydrogens is 384 g/mol. The zero-order valence-electron chi connectivity index (χ0n) is 18.0. The molecule has 0 aliphatic heterocycles. The van der Waals surface area contributed by atoms with Gasteiger partial charge in [0.05, 0.1) is 0 Å². The fraction of sp³-hybridized carbons (Fsp3) is 0.750. The highest BCUT2D eigenvalue weighted by Crippen LogP contribution is 2.21. The lowest BCUT2D eigenvalue weighted by molar-refractivity contribution is -0.138. The number of thiophene rings is 1. The average Bonchev–Trinajstić information content (AvgIpc) is 3.12. The number of hydrogen-bond acceptors (Lipinski definition) is 3. The Balaban J connectivity index is 1.97. The number of hydrogen-bond donors (Lipinski definition) is 2. The second-order valence-electron chi connectivity index (χ2n) is 8.16. The van der Waals surface area contributed by atoms with Crippen molar-refractivity contribution in [1.82, 2.24) is 0 Å². The largest absolute Gasteiger partial charge is 0.481 e. The molecule has 0 atom stereocenters. The molecule has 1 aromatic rings. The minimum Gasteiger partial charge on any atom is -0.481 e. The van der Waals surface area contributed by atoms with Crippen molar-refractivity contribution in [1.29, 1.82) is 0 Å². The van der Waals surface area contributed by atoms with Crippen LogP contribution in [0.25, 0.3) is 0 Å². The molecule has 166 valence electrons. The van der Waals surface area contributed by atoms with E-state index in [1.54, 1.807) is 11.1 Å². The van der Waals surface area contributed by atoms with Crippen LogP contribution in [-0.2, 0) is 22.4 Å². The quantitative estimate of drug-likeness (QED) is 0.216. The second-order valence-corrected chi connectivity index (χ2v) is 8.90. The zero-order valence-corrected chi connectivity index (χ0v) is 18.8. The third-order valence-electron chi connectivity index (χ3n) is 5.51. The normalized spacial score (nSPS) is 11.0. The number of aryl methyl sites for hydroxylation is 2. The summed E-state index contributed by atoms with van der Waals surface area (Å²) < 4.78 is 0. The average molecular weight is 425 g/mol. The Hall–Kier alpha value is -1.36. The first-order valence-corrected chi connectivity index (χ1v) is 12.5. The summed E-state index contributed by atoms with van der Waals surface area (Å²) in [6.45, 7) is 0. The molecule has 0 unspecified atom stereocenters. The van der Waals surface area contributed by atoms with Gasteiger partial charge < -0.3 is 10.2 Å². The van der Waals surface area contributed by atoms with Gasteiger partial charge in [-0.15, -0.1) is 0 Å². The number of rotatable bonds is 20. The van der Waals surface area contributed by atoms with E-state index in [2.05, 4.69) is 10.8 Å². The summed E-state index contributed by atoms with van der Waals surface area (Å²) in [6, 6.07) is 0. The minimum atomic E-state index is -0.676. The van der Waals surface area contributed by atoms with Gasteiger partial charge in [0.1, 0.15) is 0 Å². The van der Waals surface area contributed by atoms with Gasteiger partial charge in [-0.3, -0.25) is 9.59 Å². The number of aliphatic carboxylic acids is 2. The van der Waals surface area contributed by atoms with Gasteiger partial charge in [-0.05, 0) is 60.4 Å². The SMILES string of the molecule is O=C(O)CCCCCCCCCc1cscc1CCCCCCCCCC(=O)O.